The maximum absolute atomic E-state index is 13.2. The van der Waals surface area contributed by atoms with Crippen LogP contribution in [0.15, 0.2) is 83.8 Å². The third-order valence-corrected chi connectivity index (χ3v) is 5.93. The lowest BCUT2D eigenvalue weighted by Gasteiger charge is -2.10. The highest BCUT2D eigenvalue weighted by Crippen LogP contribution is 2.31. The molecule has 0 aliphatic carbocycles. The van der Waals surface area contributed by atoms with Crippen LogP contribution in [0.1, 0.15) is 16.2 Å². The van der Waals surface area contributed by atoms with Gasteiger partial charge in [0, 0.05) is 17.5 Å². The van der Waals surface area contributed by atoms with Gasteiger partial charge < -0.3 is 5.32 Å². The average molecular weight is 486 g/mol. The maximum atomic E-state index is 13.2. The van der Waals surface area contributed by atoms with Crippen molar-refractivity contribution in [3.63, 3.8) is 0 Å². The molecule has 0 aliphatic rings. The van der Waals surface area contributed by atoms with Crippen LogP contribution in [-0.2, 0) is 16.0 Å². The number of anilines is 1. The zero-order chi connectivity index (χ0) is 24.5. The molecule has 34 heavy (non-hydrogen) atoms. The average Bonchev–Trinajstić information content (AvgIpc) is 3.25. The van der Waals surface area contributed by atoms with Gasteiger partial charge in [-0.25, -0.2) is 18.1 Å². The summed E-state index contributed by atoms with van der Waals surface area (Å²) >= 11 is 0. The summed E-state index contributed by atoms with van der Waals surface area (Å²) in [7, 11) is -3.40. The summed E-state index contributed by atoms with van der Waals surface area (Å²) in [4.78, 5) is 17.2. The molecule has 1 aromatic heterocycles. The lowest BCUT2D eigenvalue weighted by Crippen LogP contribution is -2.14. The zero-order valence-corrected chi connectivity index (χ0v) is 18.4. The summed E-state index contributed by atoms with van der Waals surface area (Å²) in [5.41, 5.74) is 0.0623. The Balaban J connectivity index is 1.72. The molecular formula is C23H17F3N4O3S. The van der Waals surface area contributed by atoms with Crippen molar-refractivity contribution in [2.75, 3.05) is 11.6 Å². The van der Waals surface area contributed by atoms with Crippen molar-refractivity contribution in [2.24, 2.45) is 0 Å². The third-order valence-electron chi connectivity index (χ3n) is 4.80. The van der Waals surface area contributed by atoms with E-state index in [0.29, 0.717) is 11.3 Å². The minimum atomic E-state index is -4.55. The predicted molar refractivity (Wildman–Crippen MR) is 119 cm³/mol. The summed E-state index contributed by atoms with van der Waals surface area (Å²) in [5.74, 6) is -0.809. The molecule has 1 heterocycles. The molecule has 0 atom stereocenters. The lowest BCUT2D eigenvalue weighted by molar-refractivity contribution is -0.137. The fourth-order valence-corrected chi connectivity index (χ4v) is 3.78. The standard InChI is InChI=1S/C23H17F3N4O3S/c1-34(32,33)19-12-10-17(11-13-19)27-22(31)20-28-21(15-6-3-2-4-7-15)30(29-20)18-9-5-8-16(14-18)23(24,25)26/h2-14H,1H3,(H,27,31). The Bertz CT molecular complexity index is 1450. The monoisotopic (exact) mass is 486 g/mol. The number of benzene rings is 3. The molecule has 0 unspecified atom stereocenters. The number of aromatic nitrogens is 3. The molecule has 1 N–H and O–H groups in total. The Kier molecular flexibility index (Phi) is 5.96. The first kappa shape index (κ1) is 23.2. The van der Waals surface area contributed by atoms with Crippen LogP contribution in [0.3, 0.4) is 0 Å². The fraction of sp³-hybridized carbons (Fsp3) is 0.0870. The molecule has 4 rings (SSSR count). The highest BCUT2D eigenvalue weighted by molar-refractivity contribution is 7.90. The van der Waals surface area contributed by atoms with Gasteiger partial charge in [-0.15, -0.1) is 5.10 Å². The second kappa shape index (κ2) is 8.75. The highest BCUT2D eigenvalue weighted by atomic mass is 32.2. The molecule has 4 aromatic rings. The molecule has 174 valence electrons. The highest BCUT2D eigenvalue weighted by Gasteiger charge is 2.31. The minimum absolute atomic E-state index is 0.0812. The van der Waals surface area contributed by atoms with Gasteiger partial charge in [-0.2, -0.15) is 13.2 Å². The molecule has 0 saturated carbocycles. The topological polar surface area (TPSA) is 94.0 Å². The van der Waals surface area contributed by atoms with E-state index in [1.165, 1.54) is 41.1 Å². The van der Waals surface area contributed by atoms with Crippen LogP contribution >= 0.6 is 0 Å². The van der Waals surface area contributed by atoms with Crippen molar-refractivity contribution in [2.45, 2.75) is 11.1 Å². The van der Waals surface area contributed by atoms with Crippen molar-refractivity contribution in [1.29, 1.82) is 0 Å². The molecule has 0 aliphatic heterocycles. The number of hydrogen-bond donors (Lipinski definition) is 1. The minimum Gasteiger partial charge on any atom is -0.319 e. The van der Waals surface area contributed by atoms with Crippen LogP contribution in [0.5, 0.6) is 0 Å². The SMILES string of the molecule is CS(=O)(=O)c1ccc(NC(=O)c2nc(-c3ccccc3)n(-c3cccc(C(F)(F)F)c3)n2)cc1. The number of carbonyl (C=O) groups is 1. The summed E-state index contributed by atoms with van der Waals surface area (Å²) in [5, 5.41) is 6.73. The van der Waals surface area contributed by atoms with Gasteiger partial charge in [0.05, 0.1) is 16.1 Å². The van der Waals surface area contributed by atoms with Crippen LogP contribution in [0, 0.1) is 0 Å². The number of nitrogens with one attached hydrogen (secondary N) is 1. The second-order valence-corrected chi connectivity index (χ2v) is 9.35. The number of sulfone groups is 1. The smallest absolute Gasteiger partial charge is 0.319 e. The molecule has 1 amide bonds. The molecule has 0 radical (unpaired) electrons. The maximum Gasteiger partial charge on any atom is 0.416 e. The Morgan fingerprint density at radius 3 is 2.24 bits per heavy atom. The van der Waals surface area contributed by atoms with Crippen molar-refractivity contribution in [1.82, 2.24) is 14.8 Å². The summed E-state index contributed by atoms with van der Waals surface area (Å²) in [6, 6.07) is 18.7. The normalized spacial score (nSPS) is 11.9. The van der Waals surface area contributed by atoms with E-state index in [1.54, 1.807) is 30.3 Å². The van der Waals surface area contributed by atoms with E-state index < -0.39 is 27.5 Å². The molecule has 0 saturated heterocycles. The first-order chi connectivity index (χ1) is 16.0. The quantitative estimate of drug-likeness (QED) is 0.445. The van der Waals surface area contributed by atoms with Gasteiger partial charge in [0.25, 0.3) is 5.91 Å². The van der Waals surface area contributed by atoms with E-state index in [-0.39, 0.29) is 22.2 Å². The molecule has 0 spiro atoms. The van der Waals surface area contributed by atoms with Crippen molar-refractivity contribution in [3.05, 3.63) is 90.3 Å². The van der Waals surface area contributed by atoms with Gasteiger partial charge in [-0.1, -0.05) is 36.4 Å². The van der Waals surface area contributed by atoms with Crippen molar-refractivity contribution >= 4 is 21.4 Å². The number of rotatable bonds is 5. The number of hydrogen-bond acceptors (Lipinski definition) is 5. The summed E-state index contributed by atoms with van der Waals surface area (Å²) in [6.07, 6.45) is -3.49. The predicted octanol–water partition coefficient (Wildman–Crippen LogP) is 4.61. The summed E-state index contributed by atoms with van der Waals surface area (Å²) < 4.78 is 64.1. The van der Waals surface area contributed by atoms with E-state index >= 15 is 0 Å². The first-order valence-electron chi connectivity index (χ1n) is 9.84. The van der Waals surface area contributed by atoms with Crippen molar-refractivity contribution < 1.29 is 26.4 Å². The lowest BCUT2D eigenvalue weighted by atomic mass is 10.2. The van der Waals surface area contributed by atoms with E-state index in [4.69, 9.17) is 0 Å². The van der Waals surface area contributed by atoms with Gasteiger partial charge in [-0.3, -0.25) is 4.79 Å². The zero-order valence-electron chi connectivity index (χ0n) is 17.6. The van der Waals surface area contributed by atoms with Gasteiger partial charge >= 0.3 is 6.18 Å². The summed E-state index contributed by atoms with van der Waals surface area (Å²) in [6.45, 7) is 0. The van der Waals surface area contributed by atoms with Crippen molar-refractivity contribution in [3.8, 4) is 17.1 Å². The van der Waals surface area contributed by atoms with Gasteiger partial charge in [0.1, 0.15) is 0 Å². The third kappa shape index (κ3) is 4.99. The number of alkyl halides is 3. The Morgan fingerprint density at radius 1 is 0.941 bits per heavy atom. The number of halogens is 3. The van der Waals surface area contributed by atoms with Gasteiger partial charge in [-0.05, 0) is 42.5 Å². The molecule has 3 aromatic carbocycles. The van der Waals surface area contributed by atoms with E-state index in [0.717, 1.165) is 18.4 Å². The largest absolute Gasteiger partial charge is 0.416 e. The van der Waals surface area contributed by atoms with E-state index in [2.05, 4.69) is 15.4 Å². The van der Waals surface area contributed by atoms with Crippen LogP contribution in [0.4, 0.5) is 18.9 Å². The molecule has 0 bridgehead atoms. The number of nitrogens with zero attached hydrogens (tertiary/aromatic N) is 3. The first-order valence-corrected chi connectivity index (χ1v) is 11.7. The van der Waals surface area contributed by atoms with Gasteiger partial charge in [0.15, 0.2) is 15.7 Å². The van der Waals surface area contributed by atoms with E-state index in [1.807, 2.05) is 0 Å². The van der Waals surface area contributed by atoms with Crippen LogP contribution < -0.4 is 5.32 Å². The number of carbonyl (C=O) groups excluding carboxylic acids is 1. The van der Waals surface area contributed by atoms with Gasteiger partial charge in [0.2, 0.25) is 5.82 Å². The van der Waals surface area contributed by atoms with Crippen LogP contribution in [0.25, 0.3) is 17.1 Å². The Hall–Kier alpha value is -3.99. The van der Waals surface area contributed by atoms with E-state index in [9.17, 15) is 26.4 Å². The Labute approximate surface area is 192 Å². The molecular weight excluding hydrogens is 469 g/mol. The van der Waals surface area contributed by atoms with Crippen LogP contribution in [-0.4, -0.2) is 35.3 Å². The fourth-order valence-electron chi connectivity index (χ4n) is 3.15. The van der Waals surface area contributed by atoms with Crippen LogP contribution in [0.2, 0.25) is 0 Å². The molecule has 7 nitrogen and oxygen atoms in total. The molecule has 0 fully saturated rings. The molecule has 11 heteroatoms. The Morgan fingerprint density at radius 2 is 1.62 bits per heavy atom. The number of amides is 1. The second-order valence-electron chi connectivity index (χ2n) is 7.34.